The number of fused-ring (bicyclic) bond motifs is 2. The number of benzene rings is 1. The predicted octanol–water partition coefficient (Wildman–Crippen LogP) is 4.12. The number of hydrogen-bond acceptors (Lipinski definition) is 0. The summed E-state index contributed by atoms with van der Waals surface area (Å²) >= 11 is 0. The van der Waals surface area contributed by atoms with E-state index in [4.69, 9.17) is 0 Å². The van der Waals surface area contributed by atoms with Gasteiger partial charge in [-0.1, -0.05) is 29.8 Å². The van der Waals surface area contributed by atoms with E-state index >= 15 is 0 Å². The normalized spacial score (nSPS) is 33.5. The highest BCUT2D eigenvalue weighted by atomic mass is 14.5. The summed E-state index contributed by atoms with van der Waals surface area (Å²) in [5.41, 5.74) is 3.65. The van der Waals surface area contributed by atoms with E-state index < -0.39 is 0 Å². The van der Waals surface area contributed by atoms with Crippen molar-refractivity contribution in [1.29, 1.82) is 0 Å². The Morgan fingerprint density at radius 2 is 1.80 bits per heavy atom. The molecule has 0 heterocycles. The molecular weight excluding hydrogens is 180 g/mol. The van der Waals surface area contributed by atoms with Crippen LogP contribution in [0.3, 0.4) is 0 Å². The molecule has 0 aliphatic heterocycles. The smallest absolute Gasteiger partial charge is 0.0222 e. The van der Waals surface area contributed by atoms with Crippen molar-refractivity contribution < 1.29 is 0 Å². The molecule has 2 saturated carbocycles. The van der Waals surface area contributed by atoms with E-state index in [2.05, 4.69) is 31.2 Å². The average molecular weight is 200 g/mol. The van der Waals surface area contributed by atoms with Gasteiger partial charge in [0.05, 0.1) is 0 Å². The monoisotopic (exact) mass is 200 g/mol. The lowest BCUT2D eigenvalue weighted by atomic mass is 9.79. The second-order valence-electron chi connectivity index (χ2n) is 5.81. The van der Waals surface area contributed by atoms with Crippen LogP contribution in [0, 0.1) is 18.3 Å². The molecule has 80 valence electrons. The molecule has 2 aliphatic rings. The molecule has 15 heavy (non-hydrogen) atoms. The van der Waals surface area contributed by atoms with Crippen LogP contribution in [0.2, 0.25) is 0 Å². The van der Waals surface area contributed by atoms with Crippen molar-refractivity contribution in [3.05, 3.63) is 35.4 Å². The van der Waals surface area contributed by atoms with Crippen molar-refractivity contribution in [2.24, 2.45) is 11.3 Å². The van der Waals surface area contributed by atoms with Gasteiger partial charge >= 0.3 is 0 Å². The lowest BCUT2D eigenvalue weighted by Crippen LogP contribution is -2.17. The van der Waals surface area contributed by atoms with Gasteiger partial charge < -0.3 is 0 Å². The fourth-order valence-corrected chi connectivity index (χ4v) is 3.70. The zero-order chi connectivity index (χ0) is 10.3. The summed E-state index contributed by atoms with van der Waals surface area (Å²) in [5.74, 6) is 1.08. The first-order chi connectivity index (χ1) is 7.26. The molecule has 0 radical (unpaired) electrons. The van der Waals surface area contributed by atoms with Crippen LogP contribution >= 0.6 is 0 Å². The van der Waals surface area contributed by atoms with E-state index in [0.29, 0.717) is 5.41 Å². The molecule has 2 fully saturated rings. The molecule has 0 amide bonds. The summed E-state index contributed by atoms with van der Waals surface area (Å²) in [6.07, 6.45) is 8.85. The van der Waals surface area contributed by atoms with Crippen LogP contribution in [0.4, 0.5) is 0 Å². The molecule has 2 aliphatic carbocycles. The molecule has 0 spiro atoms. The fourth-order valence-electron chi connectivity index (χ4n) is 3.70. The van der Waals surface area contributed by atoms with Crippen molar-refractivity contribution >= 4 is 0 Å². The summed E-state index contributed by atoms with van der Waals surface area (Å²) in [7, 11) is 0. The largest absolute Gasteiger partial charge is 0.0591 e. The number of aryl methyl sites for hydroxylation is 1. The molecule has 2 bridgehead atoms. The average Bonchev–Trinajstić information content (AvgIpc) is 2.81. The van der Waals surface area contributed by atoms with Crippen molar-refractivity contribution in [2.75, 3.05) is 0 Å². The minimum absolute atomic E-state index is 0.708. The Bertz CT molecular complexity index is 339. The first-order valence-corrected chi connectivity index (χ1v) is 6.31. The first kappa shape index (κ1) is 9.45. The molecule has 0 unspecified atom stereocenters. The van der Waals surface area contributed by atoms with Gasteiger partial charge in [0.2, 0.25) is 0 Å². The summed E-state index contributed by atoms with van der Waals surface area (Å²) in [4.78, 5) is 0. The number of rotatable bonds is 2. The van der Waals surface area contributed by atoms with Gasteiger partial charge in [-0.05, 0) is 62.3 Å². The van der Waals surface area contributed by atoms with Crippen molar-refractivity contribution in [2.45, 2.75) is 45.4 Å². The minimum Gasteiger partial charge on any atom is -0.0591 e. The predicted molar refractivity (Wildman–Crippen MR) is 63.9 cm³/mol. The van der Waals surface area contributed by atoms with Gasteiger partial charge in [0.15, 0.2) is 0 Å². The zero-order valence-corrected chi connectivity index (χ0v) is 9.63. The third-order valence-corrected chi connectivity index (χ3v) is 4.59. The summed E-state index contributed by atoms with van der Waals surface area (Å²) in [6.45, 7) is 2.17. The minimum atomic E-state index is 0.708. The summed E-state index contributed by atoms with van der Waals surface area (Å²) in [6, 6.07) is 9.17. The Kier molecular flexibility index (Phi) is 2.12. The maximum atomic E-state index is 2.33. The topological polar surface area (TPSA) is 0 Å². The van der Waals surface area contributed by atoms with E-state index in [1.165, 1.54) is 44.1 Å². The first-order valence-electron chi connectivity index (χ1n) is 6.31. The van der Waals surface area contributed by atoms with Gasteiger partial charge in [0, 0.05) is 0 Å². The quantitative estimate of drug-likeness (QED) is 0.673. The summed E-state index contributed by atoms with van der Waals surface area (Å²) < 4.78 is 0. The Morgan fingerprint density at radius 1 is 1.13 bits per heavy atom. The lowest BCUT2D eigenvalue weighted by Gasteiger charge is -2.26. The van der Waals surface area contributed by atoms with Crippen LogP contribution in [0.25, 0.3) is 0 Å². The van der Waals surface area contributed by atoms with Crippen LogP contribution in [0.15, 0.2) is 24.3 Å². The van der Waals surface area contributed by atoms with E-state index in [1.54, 1.807) is 5.56 Å². The van der Waals surface area contributed by atoms with Gasteiger partial charge in [-0.25, -0.2) is 0 Å². The van der Waals surface area contributed by atoms with Crippen LogP contribution in [-0.2, 0) is 6.42 Å². The Hall–Kier alpha value is -0.780. The van der Waals surface area contributed by atoms with Crippen molar-refractivity contribution in [3.8, 4) is 0 Å². The van der Waals surface area contributed by atoms with Gasteiger partial charge in [0.1, 0.15) is 0 Å². The zero-order valence-electron chi connectivity index (χ0n) is 9.63. The van der Waals surface area contributed by atoms with Crippen LogP contribution in [0.5, 0.6) is 0 Å². The van der Waals surface area contributed by atoms with Gasteiger partial charge in [-0.15, -0.1) is 0 Å². The Balaban J connectivity index is 1.77. The van der Waals surface area contributed by atoms with Gasteiger partial charge in [-0.2, -0.15) is 0 Å². The highest BCUT2D eigenvalue weighted by Gasteiger charge is 2.44. The second-order valence-corrected chi connectivity index (χ2v) is 5.81. The van der Waals surface area contributed by atoms with E-state index in [0.717, 1.165) is 5.92 Å². The molecule has 3 rings (SSSR count). The highest BCUT2D eigenvalue weighted by Crippen LogP contribution is 2.55. The van der Waals surface area contributed by atoms with Crippen molar-refractivity contribution in [3.63, 3.8) is 0 Å². The van der Waals surface area contributed by atoms with E-state index in [1.807, 2.05) is 0 Å². The standard InChI is InChI=1S/C15H20/c1-12-2-4-13(5-3-12)10-15-8-6-14(11-15)7-9-15/h2-5,14H,6-11H2,1H3. The molecule has 1 aromatic rings. The highest BCUT2D eigenvalue weighted by molar-refractivity contribution is 5.23. The molecule has 0 saturated heterocycles. The van der Waals surface area contributed by atoms with Gasteiger partial charge in [-0.3, -0.25) is 0 Å². The second kappa shape index (κ2) is 3.37. The maximum absolute atomic E-state index is 2.33. The molecule has 1 aromatic carbocycles. The third-order valence-electron chi connectivity index (χ3n) is 4.59. The van der Waals surface area contributed by atoms with Gasteiger partial charge in [0.25, 0.3) is 0 Å². The number of hydrogen-bond donors (Lipinski definition) is 0. The maximum Gasteiger partial charge on any atom is -0.0222 e. The summed E-state index contributed by atoms with van der Waals surface area (Å²) in [5, 5.41) is 0. The van der Waals surface area contributed by atoms with Crippen LogP contribution in [0.1, 0.15) is 43.2 Å². The Morgan fingerprint density at radius 3 is 2.33 bits per heavy atom. The SMILES string of the molecule is Cc1ccc(CC23CCC(CC2)C3)cc1. The molecule has 0 N–H and O–H groups in total. The fraction of sp³-hybridized carbons (Fsp3) is 0.600. The van der Waals surface area contributed by atoms with Crippen LogP contribution in [-0.4, -0.2) is 0 Å². The molecule has 0 heteroatoms. The molecule has 0 atom stereocenters. The molecular formula is C15H20. The van der Waals surface area contributed by atoms with E-state index in [-0.39, 0.29) is 0 Å². The molecule has 0 aromatic heterocycles. The molecule has 0 nitrogen and oxygen atoms in total. The van der Waals surface area contributed by atoms with Crippen LogP contribution < -0.4 is 0 Å². The Labute approximate surface area is 92.7 Å². The lowest BCUT2D eigenvalue weighted by molar-refractivity contribution is 0.293. The third kappa shape index (κ3) is 1.71. The van der Waals surface area contributed by atoms with E-state index in [9.17, 15) is 0 Å². The van der Waals surface area contributed by atoms with Crippen molar-refractivity contribution in [1.82, 2.24) is 0 Å².